The molecule has 0 spiro atoms. The lowest BCUT2D eigenvalue weighted by molar-refractivity contribution is -0.117. The summed E-state index contributed by atoms with van der Waals surface area (Å²) in [6.07, 6.45) is 1.84. The van der Waals surface area contributed by atoms with Gasteiger partial charge in [0.2, 0.25) is 5.91 Å². The molecule has 1 aromatic heterocycles. The number of fused-ring (bicyclic) bond motifs is 1. The third kappa shape index (κ3) is 3.38. The molecule has 1 aliphatic heterocycles. The van der Waals surface area contributed by atoms with Crippen LogP contribution in [0.3, 0.4) is 0 Å². The van der Waals surface area contributed by atoms with Crippen molar-refractivity contribution in [3.8, 4) is 0 Å². The Morgan fingerprint density at radius 3 is 2.83 bits per heavy atom. The highest BCUT2D eigenvalue weighted by Crippen LogP contribution is 2.31. The molecule has 1 amide bonds. The second kappa shape index (κ2) is 6.66. The molecular formula is C17H20N2O3S2. The Kier molecular flexibility index (Phi) is 4.76. The second-order valence-electron chi connectivity index (χ2n) is 5.99. The van der Waals surface area contributed by atoms with E-state index in [1.165, 1.54) is 17.2 Å². The Labute approximate surface area is 146 Å². The first-order chi connectivity index (χ1) is 11.4. The van der Waals surface area contributed by atoms with Gasteiger partial charge in [-0.15, -0.1) is 11.3 Å². The lowest BCUT2D eigenvalue weighted by atomic mass is 9.95. The van der Waals surface area contributed by atoms with Crippen LogP contribution in [0.2, 0.25) is 0 Å². The molecule has 128 valence electrons. The van der Waals surface area contributed by atoms with E-state index in [1.807, 2.05) is 13.0 Å². The van der Waals surface area contributed by atoms with Gasteiger partial charge in [0.05, 0.1) is 6.54 Å². The SMILES string of the molecule is Cc1cc(C)c2c(c1)N(C(=O)CNS(=O)(=O)c1cccs1)CCC2. The number of rotatable bonds is 4. The van der Waals surface area contributed by atoms with Gasteiger partial charge in [0.25, 0.3) is 10.0 Å². The maximum absolute atomic E-state index is 12.6. The van der Waals surface area contributed by atoms with E-state index >= 15 is 0 Å². The molecule has 2 aromatic rings. The zero-order valence-corrected chi connectivity index (χ0v) is 15.3. The molecule has 24 heavy (non-hydrogen) atoms. The summed E-state index contributed by atoms with van der Waals surface area (Å²) in [5.41, 5.74) is 4.38. The largest absolute Gasteiger partial charge is 0.311 e. The lowest BCUT2D eigenvalue weighted by Crippen LogP contribution is -2.42. The number of sulfonamides is 1. The highest BCUT2D eigenvalue weighted by atomic mass is 32.2. The minimum atomic E-state index is -3.62. The van der Waals surface area contributed by atoms with Crippen molar-refractivity contribution in [3.05, 3.63) is 46.3 Å². The van der Waals surface area contributed by atoms with Crippen molar-refractivity contribution in [2.75, 3.05) is 18.0 Å². The summed E-state index contributed by atoms with van der Waals surface area (Å²) in [6, 6.07) is 7.33. The van der Waals surface area contributed by atoms with Crippen molar-refractivity contribution in [1.82, 2.24) is 4.72 Å². The predicted molar refractivity (Wildman–Crippen MR) is 96.1 cm³/mol. The van der Waals surface area contributed by atoms with E-state index in [9.17, 15) is 13.2 Å². The van der Waals surface area contributed by atoms with Gasteiger partial charge < -0.3 is 4.90 Å². The van der Waals surface area contributed by atoms with Gasteiger partial charge in [-0.05, 0) is 60.9 Å². The first-order valence-electron chi connectivity index (χ1n) is 7.82. The highest BCUT2D eigenvalue weighted by molar-refractivity contribution is 7.91. The number of nitrogens with one attached hydrogen (secondary N) is 1. The number of carbonyl (C=O) groups is 1. The number of hydrogen-bond acceptors (Lipinski definition) is 4. The molecule has 0 aliphatic carbocycles. The standard InChI is InChI=1S/C17H20N2O3S2/c1-12-9-13(2)14-5-3-7-19(15(14)10-12)16(20)11-18-24(21,22)17-6-4-8-23-17/h4,6,8-10,18H,3,5,7,11H2,1-2H3. The molecule has 0 saturated heterocycles. The highest BCUT2D eigenvalue weighted by Gasteiger charge is 2.25. The van der Waals surface area contributed by atoms with E-state index in [-0.39, 0.29) is 16.7 Å². The molecule has 1 aromatic carbocycles. The van der Waals surface area contributed by atoms with Gasteiger partial charge in [-0.2, -0.15) is 0 Å². The first kappa shape index (κ1) is 17.1. The zero-order chi connectivity index (χ0) is 17.3. The van der Waals surface area contributed by atoms with Crippen LogP contribution in [0, 0.1) is 13.8 Å². The minimum absolute atomic E-state index is 0.221. The lowest BCUT2D eigenvalue weighted by Gasteiger charge is -2.31. The Morgan fingerprint density at radius 2 is 2.12 bits per heavy atom. The normalized spacial score (nSPS) is 14.5. The van der Waals surface area contributed by atoms with E-state index in [4.69, 9.17) is 0 Å². The average Bonchev–Trinajstić information content (AvgIpc) is 3.07. The number of carbonyl (C=O) groups excluding carboxylic acids is 1. The van der Waals surface area contributed by atoms with Gasteiger partial charge in [0.1, 0.15) is 4.21 Å². The molecule has 1 aliphatic rings. The van der Waals surface area contributed by atoms with E-state index in [0.717, 1.165) is 35.4 Å². The summed E-state index contributed by atoms with van der Waals surface area (Å²) < 4.78 is 27.0. The predicted octanol–water partition coefficient (Wildman–Crippen LogP) is 2.62. The smallest absolute Gasteiger partial charge is 0.250 e. The fraction of sp³-hybridized carbons (Fsp3) is 0.353. The number of hydrogen-bond donors (Lipinski definition) is 1. The quantitative estimate of drug-likeness (QED) is 0.907. The molecule has 5 nitrogen and oxygen atoms in total. The molecule has 1 N–H and O–H groups in total. The molecule has 0 fully saturated rings. The Bertz CT molecular complexity index is 858. The van der Waals surface area contributed by atoms with Crippen molar-refractivity contribution in [2.45, 2.75) is 30.9 Å². The van der Waals surface area contributed by atoms with Gasteiger partial charge in [0.15, 0.2) is 0 Å². The molecule has 0 saturated carbocycles. The number of anilines is 1. The Hall–Kier alpha value is -1.70. The molecule has 7 heteroatoms. The van der Waals surface area contributed by atoms with Crippen LogP contribution >= 0.6 is 11.3 Å². The molecule has 0 unspecified atom stereocenters. The van der Waals surface area contributed by atoms with Crippen molar-refractivity contribution < 1.29 is 13.2 Å². The van der Waals surface area contributed by atoms with Gasteiger partial charge in [-0.25, -0.2) is 13.1 Å². The number of amides is 1. The topological polar surface area (TPSA) is 66.5 Å². The second-order valence-corrected chi connectivity index (χ2v) is 8.93. The molecule has 3 rings (SSSR count). The van der Waals surface area contributed by atoms with Gasteiger partial charge >= 0.3 is 0 Å². The molecular weight excluding hydrogens is 344 g/mol. The molecule has 0 atom stereocenters. The maximum atomic E-state index is 12.6. The van der Waals surface area contributed by atoms with Crippen molar-refractivity contribution in [1.29, 1.82) is 0 Å². The third-order valence-corrected chi connectivity index (χ3v) is 6.97. The van der Waals surface area contributed by atoms with E-state index in [1.54, 1.807) is 16.3 Å². The monoisotopic (exact) mass is 364 g/mol. The third-order valence-electron chi connectivity index (χ3n) is 4.17. The summed E-state index contributed by atoms with van der Waals surface area (Å²) in [6.45, 7) is 4.45. The van der Waals surface area contributed by atoms with Crippen molar-refractivity contribution in [2.24, 2.45) is 0 Å². The maximum Gasteiger partial charge on any atom is 0.250 e. The van der Waals surface area contributed by atoms with Gasteiger partial charge in [-0.3, -0.25) is 4.79 Å². The fourth-order valence-corrected chi connectivity index (χ4v) is 5.09. The Morgan fingerprint density at radius 1 is 1.33 bits per heavy atom. The summed E-state index contributed by atoms with van der Waals surface area (Å²) in [5.74, 6) is -0.221. The van der Waals surface area contributed by atoms with Crippen molar-refractivity contribution in [3.63, 3.8) is 0 Å². The Balaban J connectivity index is 1.78. The zero-order valence-electron chi connectivity index (χ0n) is 13.7. The first-order valence-corrected chi connectivity index (χ1v) is 10.2. The number of benzene rings is 1. The van der Waals surface area contributed by atoms with E-state index < -0.39 is 10.0 Å². The fourth-order valence-electron chi connectivity index (χ4n) is 3.07. The molecule has 0 bridgehead atoms. The van der Waals surface area contributed by atoms with Crippen LogP contribution < -0.4 is 9.62 Å². The van der Waals surface area contributed by atoms with Crippen LogP contribution in [0.4, 0.5) is 5.69 Å². The van der Waals surface area contributed by atoms with E-state index in [2.05, 4.69) is 17.7 Å². The minimum Gasteiger partial charge on any atom is -0.311 e. The summed E-state index contributed by atoms with van der Waals surface area (Å²) in [7, 11) is -3.62. The van der Waals surface area contributed by atoms with Crippen LogP contribution in [-0.2, 0) is 21.2 Å². The molecule has 2 heterocycles. The summed E-state index contributed by atoms with van der Waals surface area (Å²) >= 11 is 1.13. The average molecular weight is 364 g/mol. The van der Waals surface area contributed by atoms with Crippen molar-refractivity contribution >= 4 is 33.0 Å². The summed E-state index contributed by atoms with van der Waals surface area (Å²) in [5, 5.41) is 1.70. The number of aryl methyl sites for hydroxylation is 2. The van der Waals surface area contributed by atoms with Gasteiger partial charge in [-0.1, -0.05) is 12.1 Å². The molecule has 0 radical (unpaired) electrons. The van der Waals surface area contributed by atoms with Crippen LogP contribution in [0.15, 0.2) is 33.9 Å². The van der Waals surface area contributed by atoms with E-state index in [0.29, 0.717) is 6.54 Å². The van der Waals surface area contributed by atoms with Crippen LogP contribution in [0.25, 0.3) is 0 Å². The number of thiophene rings is 1. The van der Waals surface area contributed by atoms with Crippen LogP contribution in [0.1, 0.15) is 23.1 Å². The number of nitrogens with zero attached hydrogens (tertiary/aromatic N) is 1. The van der Waals surface area contributed by atoms with Crippen LogP contribution in [-0.4, -0.2) is 27.4 Å². The van der Waals surface area contributed by atoms with Gasteiger partial charge in [0, 0.05) is 12.2 Å². The van der Waals surface area contributed by atoms with Crippen LogP contribution in [0.5, 0.6) is 0 Å². The summed E-state index contributed by atoms with van der Waals surface area (Å²) in [4.78, 5) is 14.3.